The molecule has 12 heteroatoms. The summed E-state index contributed by atoms with van der Waals surface area (Å²) >= 11 is 0. The first-order valence-corrected chi connectivity index (χ1v) is 13.6. The van der Waals surface area contributed by atoms with Gasteiger partial charge in [-0.1, -0.05) is 6.07 Å². The quantitative estimate of drug-likeness (QED) is 0.359. The number of para-hydroxylation sites is 1. The second kappa shape index (κ2) is 10.7. The van der Waals surface area contributed by atoms with Gasteiger partial charge in [0, 0.05) is 48.3 Å². The van der Waals surface area contributed by atoms with E-state index in [0.717, 1.165) is 12.8 Å². The standard InChI is InChI=1S/C25H30N7O4P/c1-26-25(34)18-14-27-21(31-24(33)15-9-10-15)11-20(18)30-19-8-6-7-17(22(19)36-4)23-28-12-16(13-29-23)37(5,35)32(2)3/h6-8,11-15H,9-10H2,1-5H3,(H,26,34)(H2,27,30,31,33)/i1D3. The second-order valence-corrected chi connectivity index (χ2v) is 11.9. The molecule has 194 valence electrons. The van der Waals surface area contributed by atoms with Gasteiger partial charge in [-0.15, -0.1) is 0 Å². The Bertz CT molecular complexity index is 1480. The Morgan fingerprint density at radius 1 is 1.14 bits per heavy atom. The van der Waals surface area contributed by atoms with Gasteiger partial charge in [0.2, 0.25) is 5.91 Å². The van der Waals surface area contributed by atoms with Gasteiger partial charge in [-0.25, -0.2) is 15.0 Å². The summed E-state index contributed by atoms with van der Waals surface area (Å²) in [5.74, 6) is -0.276. The maximum atomic E-state index is 13.0. The lowest BCUT2D eigenvalue weighted by atomic mass is 10.1. The number of nitrogens with zero attached hydrogens (tertiary/aromatic N) is 4. The van der Waals surface area contributed by atoms with Crippen molar-refractivity contribution in [3.63, 3.8) is 0 Å². The Kier molecular flexibility index (Phi) is 6.45. The number of ether oxygens (including phenoxy) is 1. The van der Waals surface area contributed by atoms with Crippen molar-refractivity contribution < 1.29 is 23.0 Å². The highest BCUT2D eigenvalue weighted by atomic mass is 31.2. The molecule has 2 heterocycles. The van der Waals surface area contributed by atoms with Crippen LogP contribution < -0.4 is 26.0 Å². The molecule has 0 radical (unpaired) electrons. The minimum atomic E-state index is -2.80. The van der Waals surface area contributed by atoms with Gasteiger partial charge >= 0.3 is 0 Å². The highest BCUT2D eigenvalue weighted by Gasteiger charge is 2.30. The zero-order chi connectivity index (χ0) is 29.2. The Hall–Kier alpha value is -3.82. The summed E-state index contributed by atoms with van der Waals surface area (Å²) in [6, 6.07) is 6.61. The number of pyridine rings is 1. The third-order valence-electron chi connectivity index (χ3n) is 6.07. The fraction of sp³-hybridized carbons (Fsp3) is 0.320. The monoisotopic (exact) mass is 526 g/mol. The number of nitrogens with one attached hydrogen (secondary N) is 3. The third-order valence-corrected chi connectivity index (χ3v) is 8.79. The number of amides is 2. The molecule has 1 aromatic carbocycles. The van der Waals surface area contributed by atoms with E-state index in [0.29, 0.717) is 28.1 Å². The van der Waals surface area contributed by atoms with Gasteiger partial charge in [0.25, 0.3) is 5.91 Å². The summed E-state index contributed by atoms with van der Waals surface area (Å²) in [6.45, 7) is -1.09. The van der Waals surface area contributed by atoms with Crippen LogP contribution in [0.4, 0.5) is 17.2 Å². The Morgan fingerprint density at radius 3 is 2.49 bits per heavy atom. The van der Waals surface area contributed by atoms with Crippen molar-refractivity contribution in [3.05, 3.63) is 48.4 Å². The van der Waals surface area contributed by atoms with E-state index in [1.54, 1.807) is 43.6 Å². The van der Waals surface area contributed by atoms with E-state index in [4.69, 9.17) is 8.85 Å². The molecule has 1 unspecified atom stereocenters. The van der Waals surface area contributed by atoms with Crippen LogP contribution >= 0.6 is 7.29 Å². The van der Waals surface area contributed by atoms with Crippen LogP contribution in [-0.4, -0.2) is 66.3 Å². The molecule has 1 aliphatic rings. The smallest absolute Gasteiger partial charge is 0.254 e. The van der Waals surface area contributed by atoms with E-state index in [2.05, 4.69) is 25.6 Å². The molecule has 2 amide bonds. The average Bonchev–Trinajstić information content (AvgIpc) is 3.73. The van der Waals surface area contributed by atoms with Gasteiger partial charge in [0.1, 0.15) is 5.82 Å². The molecule has 1 atom stereocenters. The predicted octanol–water partition coefficient (Wildman–Crippen LogP) is 3.09. The van der Waals surface area contributed by atoms with Crippen LogP contribution in [0.1, 0.15) is 27.3 Å². The maximum Gasteiger partial charge on any atom is 0.254 e. The number of hydrogen-bond acceptors (Lipinski definition) is 8. The summed E-state index contributed by atoms with van der Waals surface area (Å²) in [5.41, 5.74) is 1.05. The summed E-state index contributed by atoms with van der Waals surface area (Å²) in [5, 5.41) is 8.29. The molecule has 1 saturated carbocycles. The van der Waals surface area contributed by atoms with Crippen molar-refractivity contribution in [1.29, 1.82) is 0 Å². The number of methoxy groups -OCH3 is 1. The van der Waals surface area contributed by atoms with E-state index < -0.39 is 20.2 Å². The van der Waals surface area contributed by atoms with Crippen molar-refractivity contribution in [1.82, 2.24) is 24.9 Å². The van der Waals surface area contributed by atoms with Crippen molar-refractivity contribution in [3.8, 4) is 17.1 Å². The summed E-state index contributed by atoms with van der Waals surface area (Å²) < 4.78 is 42.5. The molecule has 2 aromatic heterocycles. The fourth-order valence-corrected chi connectivity index (χ4v) is 4.54. The Labute approximate surface area is 219 Å². The van der Waals surface area contributed by atoms with Gasteiger partial charge in [0.15, 0.2) is 18.9 Å². The van der Waals surface area contributed by atoms with Crippen LogP contribution in [0.5, 0.6) is 5.75 Å². The maximum absolute atomic E-state index is 13.0. The molecule has 3 aromatic rings. The molecule has 0 bridgehead atoms. The number of rotatable bonds is 9. The normalized spacial score (nSPS) is 16.1. The molecule has 37 heavy (non-hydrogen) atoms. The largest absolute Gasteiger partial charge is 0.494 e. The van der Waals surface area contributed by atoms with Gasteiger partial charge < -0.3 is 25.3 Å². The second-order valence-electron chi connectivity index (χ2n) is 8.84. The van der Waals surface area contributed by atoms with E-state index in [9.17, 15) is 14.2 Å². The van der Waals surface area contributed by atoms with Crippen molar-refractivity contribution >= 4 is 41.6 Å². The van der Waals surface area contributed by atoms with Gasteiger partial charge in [0.05, 0.1) is 34.9 Å². The third kappa shape index (κ3) is 5.63. The first-order valence-electron chi connectivity index (χ1n) is 13.0. The molecule has 11 nitrogen and oxygen atoms in total. The van der Waals surface area contributed by atoms with E-state index in [-0.39, 0.29) is 28.9 Å². The average molecular weight is 527 g/mol. The number of carbonyl (C=O) groups is 2. The zero-order valence-corrected chi connectivity index (χ0v) is 21.8. The van der Waals surface area contributed by atoms with Crippen LogP contribution in [0.2, 0.25) is 0 Å². The Balaban J connectivity index is 1.71. The van der Waals surface area contributed by atoms with Crippen LogP contribution in [0.15, 0.2) is 42.9 Å². The van der Waals surface area contributed by atoms with Gasteiger partial charge in [-0.3, -0.25) is 14.3 Å². The number of anilines is 3. The topological polar surface area (TPSA) is 138 Å². The fourth-order valence-electron chi connectivity index (χ4n) is 3.53. The molecule has 0 spiro atoms. The zero-order valence-electron chi connectivity index (χ0n) is 23.9. The predicted molar refractivity (Wildman–Crippen MR) is 143 cm³/mol. The van der Waals surface area contributed by atoms with Gasteiger partial charge in [-0.2, -0.15) is 0 Å². The van der Waals surface area contributed by atoms with Crippen LogP contribution in [0, 0.1) is 5.92 Å². The number of aromatic nitrogens is 3. The molecular formula is C25H30N7O4P. The lowest BCUT2D eigenvalue weighted by Crippen LogP contribution is -2.20. The highest BCUT2D eigenvalue weighted by molar-refractivity contribution is 7.68. The molecule has 0 saturated heterocycles. The summed E-state index contributed by atoms with van der Waals surface area (Å²) in [4.78, 5) is 38.1. The van der Waals surface area contributed by atoms with E-state index in [1.165, 1.54) is 31.8 Å². The number of carbonyl (C=O) groups excluding carboxylic acids is 2. The molecule has 1 aliphatic carbocycles. The summed E-state index contributed by atoms with van der Waals surface area (Å²) in [6.07, 6.45) is 5.81. The minimum Gasteiger partial charge on any atom is -0.494 e. The molecule has 1 fully saturated rings. The Morgan fingerprint density at radius 2 is 1.86 bits per heavy atom. The molecule has 3 N–H and O–H groups in total. The van der Waals surface area contributed by atoms with Crippen LogP contribution in [-0.2, 0) is 9.36 Å². The van der Waals surface area contributed by atoms with E-state index >= 15 is 0 Å². The molecular weight excluding hydrogens is 493 g/mol. The van der Waals surface area contributed by atoms with Crippen LogP contribution in [0.3, 0.4) is 0 Å². The first-order chi connectivity index (χ1) is 18.8. The van der Waals surface area contributed by atoms with Crippen molar-refractivity contribution in [2.24, 2.45) is 5.92 Å². The lowest BCUT2D eigenvalue weighted by molar-refractivity contribution is -0.117. The van der Waals surface area contributed by atoms with E-state index in [1.807, 2.05) is 5.32 Å². The van der Waals surface area contributed by atoms with Crippen LogP contribution in [0.25, 0.3) is 11.4 Å². The molecule has 0 aliphatic heterocycles. The number of benzene rings is 1. The van der Waals surface area contributed by atoms with Crippen molar-refractivity contribution in [2.75, 3.05) is 45.5 Å². The molecule has 4 rings (SSSR count). The minimum absolute atomic E-state index is 0.0593. The van der Waals surface area contributed by atoms with Gasteiger partial charge in [-0.05, 0) is 39.1 Å². The highest BCUT2D eigenvalue weighted by Crippen LogP contribution is 2.42. The first kappa shape index (κ1) is 22.4. The van der Waals surface area contributed by atoms with Crippen molar-refractivity contribution in [2.45, 2.75) is 12.8 Å². The summed E-state index contributed by atoms with van der Waals surface area (Å²) in [7, 11) is 2.11. The number of hydrogen-bond donors (Lipinski definition) is 3. The lowest BCUT2D eigenvalue weighted by Gasteiger charge is -2.20. The SMILES string of the molecule is [2H]C([2H])([2H])NC(=O)c1cnc(NC(=O)C2CC2)cc1Nc1cccc(-c2ncc(P(C)(=O)N(C)C)cn2)c1OC.